The summed E-state index contributed by atoms with van der Waals surface area (Å²) >= 11 is 0. The Hall–Kier alpha value is -2.61. The van der Waals surface area contributed by atoms with Crippen LogP contribution in [0.2, 0.25) is 0 Å². The quantitative estimate of drug-likeness (QED) is 0.480. The maximum absolute atomic E-state index is 12.8. The molecule has 138 valence electrons. The Bertz CT molecular complexity index is 723. The lowest BCUT2D eigenvalue weighted by Gasteiger charge is -2.29. The van der Waals surface area contributed by atoms with Crippen LogP contribution < -0.4 is 5.73 Å². The van der Waals surface area contributed by atoms with Crippen molar-refractivity contribution in [1.82, 2.24) is 4.90 Å². The summed E-state index contributed by atoms with van der Waals surface area (Å²) in [6, 6.07) is 6.96. The van der Waals surface area contributed by atoms with E-state index in [1.807, 2.05) is 6.19 Å². The summed E-state index contributed by atoms with van der Waals surface area (Å²) in [6.07, 6.45) is 10.1. The fraction of sp³-hybridized carbons (Fsp3) is 0.476. The molecule has 2 rings (SSSR count). The van der Waals surface area contributed by atoms with Crippen molar-refractivity contribution >= 4 is 11.8 Å². The number of hydrogen-bond donors (Lipinski definition) is 1. The highest BCUT2D eigenvalue weighted by Gasteiger charge is 2.31. The third-order valence-corrected chi connectivity index (χ3v) is 5.19. The summed E-state index contributed by atoms with van der Waals surface area (Å²) in [4.78, 5) is 25.7. The molecule has 2 N–H and O–H groups in total. The molecule has 0 radical (unpaired) electrons. The van der Waals surface area contributed by atoms with E-state index in [-0.39, 0.29) is 5.91 Å². The molecule has 0 bridgehead atoms. The lowest BCUT2D eigenvalue weighted by molar-refractivity contribution is -0.129. The van der Waals surface area contributed by atoms with Gasteiger partial charge < -0.3 is 5.73 Å². The van der Waals surface area contributed by atoms with Gasteiger partial charge in [-0.15, -0.1) is 0 Å². The second kappa shape index (κ2) is 9.19. The average Bonchev–Trinajstić information content (AvgIpc) is 2.66. The lowest BCUT2D eigenvalue weighted by Crippen LogP contribution is -2.31. The molecule has 0 unspecified atom stereocenters. The number of carbonyl (C=O) groups excluding carboxylic acids is 2. The Kier molecular flexibility index (Phi) is 6.97. The smallest absolute Gasteiger partial charge is 0.249 e. The molecule has 1 aromatic carbocycles. The van der Waals surface area contributed by atoms with Gasteiger partial charge in [-0.25, -0.2) is 0 Å². The number of carbonyl (C=O) groups is 2. The van der Waals surface area contributed by atoms with Gasteiger partial charge in [-0.2, -0.15) is 5.26 Å². The Morgan fingerprint density at radius 3 is 2.58 bits per heavy atom. The molecule has 0 heterocycles. The highest BCUT2D eigenvalue weighted by atomic mass is 16.2. The standard InChI is InChI=1S/C21H27N3O2/c1-3-6-15-9-11-16(12-10-15)13-19(21(26)24(2)14-22)17-7-4-5-8-18(17)20(23)25/h4-8,16,19H,3,9-13H2,1-2H3,(H2,23,25)/t16?,19-/m0/s1. The fourth-order valence-corrected chi connectivity index (χ4v) is 3.78. The van der Waals surface area contributed by atoms with Crippen molar-refractivity contribution in [2.45, 2.75) is 51.4 Å². The van der Waals surface area contributed by atoms with Gasteiger partial charge in [-0.1, -0.05) is 36.8 Å². The van der Waals surface area contributed by atoms with Crippen LogP contribution in [0.1, 0.15) is 67.3 Å². The zero-order chi connectivity index (χ0) is 19.1. The number of primary amides is 1. The maximum Gasteiger partial charge on any atom is 0.249 e. The lowest BCUT2D eigenvalue weighted by atomic mass is 9.77. The van der Waals surface area contributed by atoms with Gasteiger partial charge in [0.05, 0.1) is 5.92 Å². The Labute approximate surface area is 155 Å². The molecule has 0 spiro atoms. The van der Waals surface area contributed by atoms with Crippen molar-refractivity contribution in [3.8, 4) is 6.19 Å². The number of benzene rings is 1. The first-order valence-electron chi connectivity index (χ1n) is 9.21. The van der Waals surface area contributed by atoms with Crippen molar-refractivity contribution in [2.24, 2.45) is 11.7 Å². The van der Waals surface area contributed by atoms with Gasteiger partial charge >= 0.3 is 0 Å². The van der Waals surface area contributed by atoms with E-state index < -0.39 is 11.8 Å². The van der Waals surface area contributed by atoms with Gasteiger partial charge in [0.2, 0.25) is 11.8 Å². The maximum atomic E-state index is 12.8. The van der Waals surface area contributed by atoms with Crippen LogP contribution in [0.5, 0.6) is 0 Å². The number of nitrogens with two attached hydrogens (primary N) is 1. The van der Waals surface area contributed by atoms with Crippen LogP contribution in [0.3, 0.4) is 0 Å². The highest BCUT2D eigenvalue weighted by Crippen LogP contribution is 2.37. The molecule has 1 saturated carbocycles. The van der Waals surface area contributed by atoms with Gasteiger partial charge in [0.25, 0.3) is 0 Å². The summed E-state index contributed by atoms with van der Waals surface area (Å²) in [6.45, 7) is 2.15. The van der Waals surface area contributed by atoms with E-state index in [0.717, 1.165) is 37.0 Å². The molecule has 5 nitrogen and oxygen atoms in total. The van der Waals surface area contributed by atoms with Crippen LogP contribution in [0, 0.1) is 17.4 Å². The van der Waals surface area contributed by atoms with E-state index in [0.29, 0.717) is 23.5 Å². The van der Waals surface area contributed by atoms with Crippen molar-refractivity contribution in [2.75, 3.05) is 7.05 Å². The number of amides is 2. The van der Waals surface area contributed by atoms with E-state index in [1.165, 1.54) is 12.6 Å². The number of allylic oxidation sites excluding steroid dienone is 2. The molecule has 1 atom stereocenters. The van der Waals surface area contributed by atoms with Crippen molar-refractivity contribution in [1.29, 1.82) is 5.26 Å². The number of likely N-dealkylation sites (N-methyl/N-ethyl adjacent to an activating group) is 1. The Morgan fingerprint density at radius 2 is 2.00 bits per heavy atom. The van der Waals surface area contributed by atoms with Crippen molar-refractivity contribution in [3.05, 3.63) is 47.0 Å². The van der Waals surface area contributed by atoms with Crippen LogP contribution in [-0.2, 0) is 4.79 Å². The van der Waals surface area contributed by atoms with Crippen molar-refractivity contribution < 1.29 is 9.59 Å². The third-order valence-electron chi connectivity index (χ3n) is 5.19. The number of rotatable bonds is 6. The highest BCUT2D eigenvalue weighted by molar-refractivity contribution is 5.97. The van der Waals surface area contributed by atoms with Crippen LogP contribution in [0.25, 0.3) is 0 Å². The molecule has 26 heavy (non-hydrogen) atoms. The van der Waals surface area contributed by atoms with Crippen LogP contribution in [-0.4, -0.2) is 23.8 Å². The molecule has 0 saturated heterocycles. The topological polar surface area (TPSA) is 87.2 Å². The molecular formula is C21H27N3O2. The van der Waals surface area contributed by atoms with Gasteiger partial charge in [0.1, 0.15) is 0 Å². The first-order valence-corrected chi connectivity index (χ1v) is 9.21. The molecule has 0 aromatic heterocycles. The molecule has 1 aromatic rings. The van der Waals surface area contributed by atoms with Crippen LogP contribution >= 0.6 is 0 Å². The monoisotopic (exact) mass is 353 g/mol. The summed E-state index contributed by atoms with van der Waals surface area (Å²) < 4.78 is 0. The number of hydrogen-bond acceptors (Lipinski definition) is 3. The minimum atomic E-state index is -0.546. The largest absolute Gasteiger partial charge is 0.366 e. The normalized spacial score (nSPS) is 17.9. The van der Waals surface area contributed by atoms with E-state index in [2.05, 4.69) is 13.0 Å². The fourth-order valence-electron chi connectivity index (χ4n) is 3.78. The van der Waals surface area contributed by atoms with Crippen LogP contribution in [0.15, 0.2) is 35.9 Å². The zero-order valence-electron chi connectivity index (χ0n) is 15.6. The Morgan fingerprint density at radius 1 is 1.35 bits per heavy atom. The molecule has 1 fully saturated rings. The summed E-state index contributed by atoms with van der Waals surface area (Å²) in [5.41, 5.74) is 8.00. The minimum Gasteiger partial charge on any atom is -0.366 e. The summed E-state index contributed by atoms with van der Waals surface area (Å²) in [5, 5.41) is 9.14. The van der Waals surface area contributed by atoms with E-state index in [9.17, 15) is 9.59 Å². The minimum absolute atomic E-state index is 0.281. The summed E-state index contributed by atoms with van der Waals surface area (Å²) in [7, 11) is 1.46. The average molecular weight is 353 g/mol. The van der Waals surface area contributed by atoms with Gasteiger partial charge in [-0.3, -0.25) is 14.5 Å². The molecule has 2 amide bonds. The van der Waals surface area contributed by atoms with Crippen molar-refractivity contribution in [3.63, 3.8) is 0 Å². The van der Waals surface area contributed by atoms with Gasteiger partial charge in [0, 0.05) is 12.6 Å². The van der Waals surface area contributed by atoms with Gasteiger partial charge in [-0.05, 0) is 56.1 Å². The predicted molar refractivity (Wildman–Crippen MR) is 101 cm³/mol. The van der Waals surface area contributed by atoms with Gasteiger partial charge in [0.15, 0.2) is 6.19 Å². The second-order valence-electron chi connectivity index (χ2n) is 6.95. The van der Waals surface area contributed by atoms with E-state index in [4.69, 9.17) is 11.0 Å². The number of nitrogens with zero attached hydrogens (tertiary/aromatic N) is 2. The predicted octanol–water partition coefficient (Wildman–Crippen LogP) is 3.73. The summed E-state index contributed by atoms with van der Waals surface area (Å²) in [5.74, 6) is -0.957. The van der Waals surface area contributed by atoms with Crippen LogP contribution in [0.4, 0.5) is 0 Å². The molecular weight excluding hydrogens is 326 g/mol. The number of nitriles is 1. The first-order chi connectivity index (χ1) is 12.5. The first kappa shape index (κ1) is 19.7. The van der Waals surface area contributed by atoms with E-state index in [1.54, 1.807) is 24.3 Å². The molecule has 1 aliphatic carbocycles. The Balaban J connectivity index is 2.27. The van der Waals surface area contributed by atoms with E-state index >= 15 is 0 Å². The second-order valence-corrected chi connectivity index (χ2v) is 6.95. The molecule has 0 aliphatic heterocycles. The molecule has 5 heteroatoms. The third kappa shape index (κ3) is 4.72. The zero-order valence-corrected chi connectivity index (χ0v) is 15.6. The molecule has 1 aliphatic rings. The SMILES string of the molecule is CCC=C1CCC(C[C@H](C(=O)N(C)C#N)c2ccccc2C(N)=O)CC1.